The lowest BCUT2D eigenvalue weighted by molar-refractivity contribution is -0.139. The van der Waals surface area contributed by atoms with Crippen LogP contribution in [0.4, 0.5) is 0 Å². The van der Waals surface area contributed by atoms with Crippen molar-refractivity contribution in [3.05, 3.63) is 22.2 Å². The normalized spacial score (nSPS) is 14.4. The highest BCUT2D eigenvalue weighted by atomic mass is 79.9. The van der Waals surface area contributed by atoms with Gasteiger partial charge in [0.05, 0.1) is 11.1 Å². The molecule has 0 aliphatic carbocycles. The molecule has 1 aromatic rings. The minimum Gasteiger partial charge on any atom is -0.480 e. The minimum absolute atomic E-state index is 0.145. The highest BCUT2D eigenvalue weighted by Gasteiger charge is 2.24. The van der Waals surface area contributed by atoms with Crippen LogP contribution in [0.3, 0.4) is 0 Å². The molecular weight excluding hydrogens is 318 g/mol. The van der Waals surface area contributed by atoms with Crippen molar-refractivity contribution in [2.45, 2.75) is 6.04 Å². The topological polar surface area (TPSA) is 77.0 Å². The summed E-state index contributed by atoms with van der Waals surface area (Å²) in [6.07, 6.45) is 0. The van der Waals surface area contributed by atoms with E-state index in [1.54, 1.807) is 19.2 Å². The number of carboxylic acids is 1. The first-order valence-corrected chi connectivity index (χ1v) is 6.47. The Morgan fingerprint density at radius 3 is 3.05 bits per heavy atom. The first kappa shape index (κ1) is 14.1. The van der Waals surface area contributed by atoms with E-state index < -0.39 is 12.0 Å². The summed E-state index contributed by atoms with van der Waals surface area (Å²) >= 11 is 3.35. The van der Waals surface area contributed by atoms with Crippen LogP contribution in [-0.4, -0.2) is 38.1 Å². The van der Waals surface area contributed by atoms with Crippen LogP contribution in [-0.2, 0) is 9.53 Å². The van der Waals surface area contributed by atoms with Crippen molar-refractivity contribution in [3.8, 4) is 11.5 Å². The van der Waals surface area contributed by atoms with E-state index in [0.717, 1.165) is 0 Å². The molecule has 0 radical (unpaired) electrons. The minimum atomic E-state index is -0.957. The van der Waals surface area contributed by atoms with Gasteiger partial charge in [-0.1, -0.05) is 0 Å². The molecule has 0 saturated heterocycles. The number of methoxy groups -OCH3 is 1. The predicted octanol–water partition coefficient (Wildman–Crippen LogP) is 1.54. The molecule has 2 N–H and O–H groups in total. The summed E-state index contributed by atoms with van der Waals surface area (Å²) in [4.78, 5) is 11.3. The summed E-state index contributed by atoms with van der Waals surface area (Å²) in [6.45, 7) is 1.03. The molecule has 19 heavy (non-hydrogen) atoms. The van der Waals surface area contributed by atoms with Gasteiger partial charge in [-0.2, -0.15) is 0 Å². The van der Waals surface area contributed by atoms with Crippen molar-refractivity contribution in [2.75, 3.05) is 27.1 Å². The molecule has 1 aromatic carbocycles. The summed E-state index contributed by atoms with van der Waals surface area (Å²) in [6, 6.07) is 2.57. The SMILES string of the molecule is COCCNC(C(=O)O)c1cc(Br)c2c(c1)OCO2. The highest BCUT2D eigenvalue weighted by molar-refractivity contribution is 9.10. The molecule has 1 unspecified atom stereocenters. The Bertz CT molecular complexity index is 479. The molecule has 1 aliphatic rings. The standard InChI is InChI=1S/C12H14BrNO5/c1-17-3-2-14-10(12(15)16)7-4-8(13)11-9(5-7)18-6-19-11/h4-5,10,14H,2-3,6H2,1H3,(H,15,16). The monoisotopic (exact) mass is 331 g/mol. The molecule has 0 amide bonds. The van der Waals surface area contributed by atoms with Crippen LogP contribution in [0.25, 0.3) is 0 Å². The maximum Gasteiger partial charge on any atom is 0.325 e. The Balaban J connectivity index is 2.22. The zero-order valence-corrected chi connectivity index (χ0v) is 11.9. The van der Waals surface area contributed by atoms with E-state index in [-0.39, 0.29) is 6.79 Å². The number of carboxylic acid groups (broad SMARTS) is 1. The van der Waals surface area contributed by atoms with Gasteiger partial charge in [-0.25, -0.2) is 0 Å². The molecular formula is C12H14BrNO5. The van der Waals surface area contributed by atoms with Crippen LogP contribution >= 0.6 is 15.9 Å². The molecule has 1 atom stereocenters. The van der Waals surface area contributed by atoms with Crippen LogP contribution in [0.1, 0.15) is 11.6 Å². The van der Waals surface area contributed by atoms with Crippen molar-refractivity contribution >= 4 is 21.9 Å². The molecule has 1 aliphatic heterocycles. The van der Waals surface area contributed by atoms with Gasteiger partial charge in [0, 0.05) is 13.7 Å². The number of hydrogen-bond donors (Lipinski definition) is 2. The number of ether oxygens (including phenoxy) is 3. The van der Waals surface area contributed by atoms with Crippen LogP contribution in [0.5, 0.6) is 11.5 Å². The first-order chi connectivity index (χ1) is 9.13. The van der Waals surface area contributed by atoms with Crippen LogP contribution < -0.4 is 14.8 Å². The fourth-order valence-electron chi connectivity index (χ4n) is 1.81. The Labute approximate surface area is 118 Å². The third-order valence-electron chi connectivity index (χ3n) is 2.68. The van der Waals surface area contributed by atoms with Crippen LogP contribution in [0.2, 0.25) is 0 Å². The van der Waals surface area contributed by atoms with Gasteiger partial charge in [0.15, 0.2) is 11.5 Å². The second-order valence-corrected chi connectivity index (χ2v) is 4.81. The van der Waals surface area contributed by atoms with Gasteiger partial charge < -0.3 is 19.3 Å². The summed E-state index contributed by atoms with van der Waals surface area (Å²) in [5, 5.41) is 12.2. The lowest BCUT2D eigenvalue weighted by atomic mass is 10.1. The first-order valence-electron chi connectivity index (χ1n) is 5.67. The number of nitrogens with one attached hydrogen (secondary N) is 1. The predicted molar refractivity (Wildman–Crippen MR) is 70.5 cm³/mol. The van der Waals surface area contributed by atoms with E-state index in [1.807, 2.05) is 0 Å². The Kier molecular flexibility index (Phi) is 4.62. The molecule has 1 heterocycles. The third kappa shape index (κ3) is 3.17. The summed E-state index contributed by atoms with van der Waals surface area (Å²) in [7, 11) is 1.56. The Morgan fingerprint density at radius 2 is 2.37 bits per heavy atom. The summed E-state index contributed by atoms with van der Waals surface area (Å²) in [5.41, 5.74) is 0.597. The average Bonchev–Trinajstić information content (AvgIpc) is 2.83. The van der Waals surface area contributed by atoms with Gasteiger partial charge >= 0.3 is 5.97 Å². The van der Waals surface area contributed by atoms with Crippen molar-refractivity contribution in [1.29, 1.82) is 0 Å². The molecule has 0 saturated carbocycles. The van der Waals surface area contributed by atoms with Gasteiger partial charge in [-0.05, 0) is 33.6 Å². The maximum atomic E-state index is 11.3. The number of hydrogen-bond acceptors (Lipinski definition) is 5. The summed E-state index contributed by atoms with van der Waals surface area (Å²) < 4.78 is 16.1. The molecule has 6 nitrogen and oxygen atoms in total. The van der Waals surface area contributed by atoms with E-state index in [2.05, 4.69) is 21.2 Å². The number of carbonyl (C=O) groups is 1. The number of fused-ring (bicyclic) bond motifs is 1. The number of halogens is 1. The quantitative estimate of drug-likeness (QED) is 0.770. The smallest absolute Gasteiger partial charge is 0.325 e. The van der Waals surface area contributed by atoms with E-state index >= 15 is 0 Å². The fraction of sp³-hybridized carbons (Fsp3) is 0.417. The summed E-state index contributed by atoms with van der Waals surface area (Å²) in [5.74, 6) is 0.191. The highest BCUT2D eigenvalue weighted by Crippen LogP contribution is 2.41. The van der Waals surface area contributed by atoms with Gasteiger partial charge in [0.2, 0.25) is 6.79 Å². The van der Waals surface area contributed by atoms with Gasteiger partial charge in [-0.15, -0.1) is 0 Å². The molecule has 2 rings (SSSR count). The lowest BCUT2D eigenvalue weighted by Gasteiger charge is -2.15. The average molecular weight is 332 g/mol. The molecule has 0 bridgehead atoms. The van der Waals surface area contributed by atoms with Crippen molar-refractivity contribution < 1.29 is 24.1 Å². The second kappa shape index (κ2) is 6.23. The third-order valence-corrected chi connectivity index (χ3v) is 3.27. The lowest BCUT2D eigenvalue weighted by Crippen LogP contribution is -2.31. The van der Waals surface area contributed by atoms with Crippen LogP contribution in [0, 0.1) is 0 Å². The van der Waals surface area contributed by atoms with Gasteiger partial charge in [0.25, 0.3) is 0 Å². The molecule has 0 spiro atoms. The van der Waals surface area contributed by atoms with Gasteiger partial charge in [-0.3, -0.25) is 10.1 Å². The molecule has 0 fully saturated rings. The van der Waals surface area contributed by atoms with Gasteiger partial charge in [0.1, 0.15) is 6.04 Å². The second-order valence-electron chi connectivity index (χ2n) is 3.95. The van der Waals surface area contributed by atoms with Crippen LogP contribution in [0.15, 0.2) is 16.6 Å². The van der Waals surface area contributed by atoms with Crippen molar-refractivity contribution in [1.82, 2.24) is 5.32 Å². The van der Waals surface area contributed by atoms with E-state index in [9.17, 15) is 9.90 Å². The zero-order valence-electron chi connectivity index (χ0n) is 10.3. The number of benzene rings is 1. The largest absolute Gasteiger partial charge is 0.480 e. The number of rotatable bonds is 6. The molecule has 0 aromatic heterocycles. The zero-order chi connectivity index (χ0) is 13.8. The Hall–Kier alpha value is -1.31. The van der Waals surface area contributed by atoms with E-state index in [4.69, 9.17) is 14.2 Å². The van der Waals surface area contributed by atoms with Crippen molar-refractivity contribution in [3.63, 3.8) is 0 Å². The maximum absolute atomic E-state index is 11.3. The molecule has 7 heteroatoms. The Morgan fingerprint density at radius 1 is 1.58 bits per heavy atom. The van der Waals surface area contributed by atoms with E-state index in [1.165, 1.54) is 0 Å². The molecule has 104 valence electrons. The fourth-order valence-corrected chi connectivity index (χ4v) is 2.38. The number of aliphatic carboxylic acids is 1. The van der Waals surface area contributed by atoms with Crippen molar-refractivity contribution in [2.24, 2.45) is 0 Å². The van der Waals surface area contributed by atoms with E-state index in [0.29, 0.717) is 34.7 Å².